The predicted octanol–water partition coefficient (Wildman–Crippen LogP) is 1.44. The molecule has 4 nitrogen and oxygen atoms in total. The molecule has 0 fully saturated rings. The predicted molar refractivity (Wildman–Crippen MR) is 49.5 cm³/mol. The maximum atomic E-state index is 5.68. The van der Waals surface area contributed by atoms with E-state index in [-0.39, 0.29) is 0 Å². The zero-order chi connectivity index (χ0) is 9.14. The van der Waals surface area contributed by atoms with Gasteiger partial charge in [0.05, 0.1) is 24.4 Å². The third-order valence-corrected chi connectivity index (χ3v) is 2.02. The van der Waals surface area contributed by atoms with Gasteiger partial charge in [-0.1, -0.05) is 0 Å². The van der Waals surface area contributed by atoms with Crippen LogP contribution in [0.15, 0.2) is 10.7 Å². The molecule has 0 bridgehead atoms. The van der Waals surface area contributed by atoms with E-state index in [0.717, 1.165) is 0 Å². The van der Waals surface area contributed by atoms with Crippen LogP contribution in [-0.4, -0.2) is 19.2 Å². The fraction of sp³-hybridized carbons (Fsp3) is 0.286. The highest BCUT2D eigenvalue weighted by Crippen LogP contribution is 2.35. The van der Waals surface area contributed by atoms with Crippen LogP contribution in [0, 0.1) is 0 Å². The lowest BCUT2D eigenvalue weighted by molar-refractivity contribution is 0.344. The van der Waals surface area contributed by atoms with Gasteiger partial charge in [0.2, 0.25) is 5.75 Å². The van der Waals surface area contributed by atoms with Gasteiger partial charge < -0.3 is 15.2 Å². The van der Waals surface area contributed by atoms with Gasteiger partial charge in [-0.2, -0.15) is 0 Å². The first-order valence-corrected chi connectivity index (χ1v) is 4.02. The maximum absolute atomic E-state index is 5.68. The van der Waals surface area contributed by atoms with Gasteiger partial charge >= 0.3 is 0 Å². The second-order valence-electron chi connectivity index (χ2n) is 2.06. The second-order valence-corrected chi connectivity index (χ2v) is 2.92. The largest absolute Gasteiger partial charge is 0.490 e. The normalized spacial score (nSPS) is 9.58. The number of nitrogens with zero attached hydrogens (tertiary/aromatic N) is 1. The number of aromatic nitrogens is 1. The minimum absolute atomic E-state index is 0.387. The van der Waals surface area contributed by atoms with Gasteiger partial charge in [0.15, 0.2) is 0 Å². The molecular weight excluding hydrogens is 224 g/mol. The quantitative estimate of drug-likeness (QED) is 0.839. The van der Waals surface area contributed by atoms with E-state index in [1.165, 1.54) is 14.2 Å². The first-order valence-electron chi connectivity index (χ1n) is 3.22. The highest BCUT2D eigenvalue weighted by Gasteiger charge is 2.11. The number of nitrogens with two attached hydrogens (primary N) is 1. The van der Waals surface area contributed by atoms with Crippen molar-refractivity contribution in [3.63, 3.8) is 0 Å². The number of halogens is 1. The Morgan fingerprint density at radius 1 is 1.42 bits per heavy atom. The van der Waals surface area contributed by atoms with Crippen LogP contribution in [0.3, 0.4) is 0 Å². The van der Waals surface area contributed by atoms with Gasteiger partial charge in [0.25, 0.3) is 5.88 Å². The van der Waals surface area contributed by atoms with E-state index in [1.54, 1.807) is 6.20 Å². The summed E-state index contributed by atoms with van der Waals surface area (Å²) in [7, 11) is 3.03. The summed E-state index contributed by atoms with van der Waals surface area (Å²) in [5.74, 6) is 0.838. The van der Waals surface area contributed by atoms with E-state index in [4.69, 9.17) is 15.2 Å². The SMILES string of the molecule is COc1ncc(Br)c(N)c1OC. The number of hydrogen-bond acceptors (Lipinski definition) is 4. The van der Waals surface area contributed by atoms with Gasteiger partial charge in [-0.15, -0.1) is 0 Å². The molecule has 2 N–H and O–H groups in total. The summed E-state index contributed by atoms with van der Waals surface area (Å²) in [5.41, 5.74) is 6.17. The van der Waals surface area contributed by atoms with Crippen molar-refractivity contribution in [3.05, 3.63) is 10.7 Å². The third-order valence-electron chi connectivity index (χ3n) is 1.39. The Hall–Kier alpha value is -0.970. The van der Waals surface area contributed by atoms with Crippen LogP contribution >= 0.6 is 15.9 Å². The number of anilines is 1. The van der Waals surface area contributed by atoms with Gasteiger partial charge in [0, 0.05) is 6.20 Å². The second kappa shape index (κ2) is 3.62. The topological polar surface area (TPSA) is 57.4 Å². The molecule has 1 heterocycles. The van der Waals surface area contributed by atoms with Crippen molar-refractivity contribution < 1.29 is 9.47 Å². The lowest BCUT2D eigenvalue weighted by Gasteiger charge is -2.09. The molecule has 0 unspecified atom stereocenters. The molecular formula is C7H9BrN2O2. The van der Waals surface area contributed by atoms with Gasteiger partial charge in [-0.05, 0) is 15.9 Å². The highest BCUT2D eigenvalue weighted by atomic mass is 79.9. The van der Waals surface area contributed by atoms with Crippen LogP contribution in [-0.2, 0) is 0 Å². The highest BCUT2D eigenvalue weighted by molar-refractivity contribution is 9.10. The molecule has 66 valence electrons. The van der Waals surface area contributed by atoms with Crippen molar-refractivity contribution in [1.29, 1.82) is 0 Å². The summed E-state index contributed by atoms with van der Waals surface area (Å²) in [5, 5.41) is 0. The lowest BCUT2D eigenvalue weighted by atomic mass is 10.4. The van der Waals surface area contributed by atoms with Crippen molar-refractivity contribution in [2.45, 2.75) is 0 Å². The summed E-state index contributed by atoms with van der Waals surface area (Å²) in [6.07, 6.45) is 1.57. The van der Waals surface area contributed by atoms with Crippen molar-refractivity contribution in [2.75, 3.05) is 20.0 Å². The summed E-state index contributed by atoms with van der Waals surface area (Å²) < 4.78 is 10.6. The monoisotopic (exact) mass is 232 g/mol. The molecule has 0 aliphatic heterocycles. The molecule has 0 aliphatic carbocycles. The van der Waals surface area contributed by atoms with E-state index in [2.05, 4.69) is 20.9 Å². The van der Waals surface area contributed by atoms with Crippen LogP contribution in [0.5, 0.6) is 11.6 Å². The fourth-order valence-corrected chi connectivity index (χ4v) is 1.09. The molecule has 12 heavy (non-hydrogen) atoms. The Balaban J connectivity index is 3.25. The Morgan fingerprint density at radius 3 is 2.58 bits per heavy atom. The molecule has 0 atom stereocenters. The number of nitrogen functional groups attached to an aromatic ring is 1. The minimum Gasteiger partial charge on any atom is -0.490 e. The summed E-state index contributed by atoms with van der Waals surface area (Å²) in [6, 6.07) is 0. The molecule has 0 amide bonds. The molecule has 1 rings (SSSR count). The molecule has 5 heteroatoms. The lowest BCUT2D eigenvalue weighted by Crippen LogP contribution is -1.98. The van der Waals surface area contributed by atoms with Crippen LogP contribution in [0.25, 0.3) is 0 Å². The first kappa shape index (κ1) is 9.12. The van der Waals surface area contributed by atoms with E-state index in [1.807, 2.05) is 0 Å². The fourth-order valence-electron chi connectivity index (χ4n) is 0.810. The van der Waals surface area contributed by atoms with Gasteiger partial charge in [-0.3, -0.25) is 0 Å². The Morgan fingerprint density at radius 2 is 2.08 bits per heavy atom. The first-order chi connectivity index (χ1) is 5.70. The molecule has 0 aromatic carbocycles. The molecule has 0 saturated heterocycles. The summed E-state index contributed by atoms with van der Waals surface area (Å²) >= 11 is 3.23. The molecule has 0 spiro atoms. The Bertz CT molecular complexity index is 291. The number of rotatable bonds is 2. The van der Waals surface area contributed by atoms with Crippen molar-refractivity contribution in [3.8, 4) is 11.6 Å². The molecule has 1 aromatic rings. The van der Waals surface area contributed by atoms with Crippen LogP contribution in [0.2, 0.25) is 0 Å². The van der Waals surface area contributed by atoms with Crippen molar-refractivity contribution >= 4 is 21.6 Å². The van der Waals surface area contributed by atoms with Gasteiger partial charge in [0.1, 0.15) is 0 Å². The standard InChI is InChI=1S/C7H9BrN2O2/c1-11-6-5(9)4(8)3-10-7(6)12-2/h3H,1-2H3,(H2,9,10). The zero-order valence-electron chi connectivity index (χ0n) is 6.80. The maximum Gasteiger partial charge on any atom is 0.259 e. The molecule has 0 radical (unpaired) electrons. The minimum atomic E-state index is 0.387. The number of methoxy groups -OCH3 is 2. The Labute approximate surface area is 78.8 Å². The zero-order valence-corrected chi connectivity index (χ0v) is 8.38. The van der Waals surface area contributed by atoms with E-state index >= 15 is 0 Å². The van der Waals surface area contributed by atoms with Gasteiger partial charge in [-0.25, -0.2) is 4.98 Å². The number of ether oxygens (including phenoxy) is 2. The van der Waals surface area contributed by atoms with Crippen LogP contribution in [0.1, 0.15) is 0 Å². The number of pyridine rings is 1. The van der Waals surface area contributed by atoms with Crippen molar-refractivity contribution in [1.82, 2.24) is 4.98 Å². The number of hydrogen-bond donors (Lipinski definition) is 1. The molecule has 1 aromatic heterocycles. The smallest absolute Gasteiger partial charge is 0.259 e. The van der Waals surface area contributed by atoms with Crippen molar-refractivity contribution in [2.24, 2.45) is 0 Å². The average molecular weight is 233 g/mol. The van der Waals surface area contributed by atoms with E-state index < -0.39 is 0 Å². The van der Waals surface area contributed by atoms with E-state index in [0.29, 0.717) is 21.8 Å². The Kier molecular flexibility index (Phi) is 2.75. The average Bonchev–Trinajstić information content (AvgIpc) is 2.09. The van der Waals surface area contributed by atoms with E-state index in [9.17, 15) is 0 Å². The third kappa shape index (κ3) is 1.45. The van der Waals surface area contributed by atoms with Crippen LogP contribution < -0.4 is 15.2 Å². The molecule has 0 saturated carbocycles. The van der Waals surface area contributed by atoms with Crippen LogP contribution in [0.4, 0.5) is 5.69 Å². The molecule has 0 aliphatic rings. The summed E-state index contributed by atoms with van der Waals surface area (Å²) in [6.45, 7) is 0. The summed E-state index contributed by atoms with van der Waals surface area (Å²) in [4.78, 5) is 3.95.